The van der Waals surface area contributed by atoms with Gasteiger partial charge in [-0.2, -0.15) is 4.98 Å². The lowest BCUT2D eigenvalue weighted by Crippen LogP contribution is -2.08. The number of halogens is 1. The van der Waals surface area contributed by atoms with Gasteiger partial charge in [-0.05, 0) is 12.1 Å². The fraction of sp³-hybridized carbons (Fsp3) is 0.250. The van der Waals surface area contributed by atoms with Gasteiger partial charge in [-0.25, -0.2) is 9.37 Å². The van der Waals surface area contributed by atoms with Gasteiger partial charge in [0.15, 0.2) is 0 Å². The Labute approximate surface area is 108 Å². The summed E-state index contributed by atoms with van der Waals surface area (Å²) in [6, 6.07) is 2.57. The van der Waals surface area contributed by atoms with E-state index in [4.69, 9.17) is 9.47 Å². The number of ether oxygens (including phenoxy) is 2. The van der Waals surface area contributed by atoms with Crippen LogP contribution in [-0.2, 0) is 0 Å². The Bertz CT molecular complexity index is 563. The molecule has 0 aliphatic heterocycles. The Hall–Kier alpha value is -2.28. The highest BCUT2D eigenvalue weighted by Gasteiger charge is 2.20. The topological polar surface area (TPSA) is 77.4 Å². The number of pyridine rings is 1. The summed E-state index contributed by atoms with van der Waals surface area (Å²) in [5.74, 6) is -0.0958. The number of aromatic nitrogens is 3. The maximum atomic E-state index is 12.8. The predicted molar refractivity (Wildman–Crippen MR) is 63.4 cm³/mol. The third-order valence-electron chi connectivity index (χ3n) is 2.44. The molecular formula is C12H12FN3O3. The Kier molecular flexibility index (Phi) is 3.86. The number of methoxy groups -OCH3 is 2. The molecule has 2 aromatic heterocycles. The van der Waals surface area contributed by atoms with Crippen molar-refractivity contribution in [2.24, 2.45) is 0 Å². The highest BCUT2D eigenvalue weighted by Crippen LogP contribution is 2.26. The van der Waals surface area contributed by atoms with E-state index in [0.29, 0.717) is 0 Å². The van der Waals surface area contributed by atoms with Gasteiger partial charge in [-0.3, -0.25) is 4.98 Å². The van der Waals surface area contributed by atoms with E-state index >= 15 is 0 Å². The van der Waals surface area contributed by atoms with Gasteiger partial charge >= 0.3 is 0 Å². The molecule has 2 heterocycles. The smallest absolute Gasteiger partial charge is 0.241 e. The maximum absolute atomic E-state index is 12.8. The van der Waals surface area contributed by atoms with Crippen LogP contribution in [0, 0.1) is 5.82 Å². The van der Waals surface area contributed by atoms with E-state index in [1.807, 2.05) is 0 Å². The molecule has 0 fully saturated rings. The van der Waals surface area contributed by atoms with Crippen molar-refractivity contribution in [1.82, 2.24) is 15.0 Å². The van der Waals surface area contributed by atoms with E-state index < -0.39 is 11.9 Å². The zero-order chi connectivity index (χ0) is 13.8. The molecule has 1 N–H and O–H groups in total. The molecule has 0 aliphatic rings. The molecule has 0 bridgehead atoms. The highest BCUT2D eigenvalue weighted by molar-refractivity contribution is 5.29. The Morgan fingerprint density at radius 2 is 1.95 bits per heavy atom. The molecular weight excluding hydrogens is 253 g/mol. The number of nitrogens with zero attached hydrogens (tertiary/aromatic N) is 3. The molecule has 0 saturated heterocycles. The molecule has 0 amide bonds. The number of rotatable bonds is 4. The maximum Gasteiger partial charge on any atom is 0.241 e. The molecule has 2 aromatic rings. The average Bonchev–Trinajstić information content (AvgIpc) is 2.46. The minimum atomic E-state index is -1.16. The first-order chi connectivity index (χ1) is 9.15. The summed E-state index contributed by atoms with van der Waals surface area (Å²) in [6.45, 7) is 0. The molecule has 7 heteroatoms. The second-order valence-corrected chi connectivity index (χ2v) is 3.61. The monoisotopic (exact) mass is 265 g/mol. The van der Waals surface area contributed by atoms with Crippen LogP contribution in [0.5, 0.6) is 11.8 Å². The van der Waals surface area contributed by atoms with Crippen molar-refractivity contribution in [1.29, 1.82) is 0 Å². The minimum Gasteiger partial charge on any atom is -0.480 e. The summed E-state index contributed by atoms with van der Waals surface area (Å²) in [7, 11) is 2.85. The quantitative estimate of drug-likeness (QED) is 0.892. The molecule has 0 radical (unpaired) electrons. The van der Waals surface area contributed by atoms with E-state index in [1.54, 1.807) is 0 Å². The van der Waals surface area contributed by atoms with E-state index in [2.05, 4.69) is 15.0 Å². The molecule has 0 saturated carbocycles. The lowest BCUT2D eigenvalue weighted by atomic mass is 10.1. The molecule has 0 aliphatic carbocycles. The van der Waals surface area contributed by atoms with Gasteiger partial charge in [-0.15, -0.1) is 0 Å². The highest BCUT2D eigenvalue weighted by atomic mass is 19.1. The van der Waals surface area contributed by atoms with E-state index in [1.165, 1.54) is 32.5 Å². The van der Waals surface area contributed by atoms with Gasteiger partial charge in [-0.1, -0.05) is 0 Å². The van der Waals surface area contributed by atoms with Crippen molar-refractivity contribution in [2.45, 2.75) is 6.10 Å². The molecule has 100 valence electrons. The summed E-state index contributed by atoms with van der Waals surface area (Å²) in [5.41, 5.74) is 0.432. The van der Waals surface area contributed by atoms with E-state index in [-0.39, 0.29) is 23.1 Å². The molecule has 2 rings (SSSR count). The van der Waals surface area contributed by atoms with Crippen LogP contribution in [0.1, 0.15) is 17.5 Å². The summed E-state index contributed by atoms with van der Waals surface area (Å²) >= 11 is 0. The number of hydrogen-bond donors (Lipinski definition) is 1. The van der Waals surface area contributed by atoms with Crippen molar-refractivity contribution < 1.29 is 19.0 Å². The van der Waals surface area contributed by atoms with Crippen LogP contribution in [0.4, 0.5) is 4.39 Å². The standard InChI is InChI=1S/C12H12FN3O3/c1-18-9-6-15-10(12(16-9)19-2)11(17)8-4-3-7(13)5-14-8/h3-6,11,17H,1-2H3. The van der Waals surface area contributed by atoms with Crippen molar-refractivity contribution in [3.8, 4) is 11.8 Å². The van der Waals surface area contributed by atoms with Gasteiger partial charge in [0, 0.05) is 0 Å². The van der Waals surface area contributed by atoms with Gasteiger partial charge in [0.25, 0.3) is 0 Å². The number of hydrogen-bond acceptors (Lipinski definition) is 6. The first-order valence-electron chi connectivity index (χ1n) is 5.40. The van der Waals surface area contributed by atoms with Crippen molar-refractivity contribution in [3.05, 3.63) is 41.7 Å². The van der Waals surface area contributed by atoms with Crippen molar-refractivity contribution >= 4 is 0 Å². The van der Waals surface area contributed by atoms with Gasteiger partial charge in [0.2, 0.25) is 11.8 Å². The van der Waals surface area contributed by atoms with Crippen LogP contribution < -0.4 is 9.47 Å². The van der Waals surface area contributed by atoms with Gasteiger partial charge < -0.3 is 14.6 Å². The van der Waals surface area contributed by atoms with Crippen molar-refractivity contribution in [2.75, 3.05) is 14.2 Å². The lowest BCUT2D eigenvalue weighted by Gasteiger charge is -2.13. The Morgan fingerprint density at radius 3 is 2.53 bits per heavy atom. The summed E-state index contributed by atoms with van der Waals surface area (Å²) in [4.78, 5) is 11.8. The van der Waals surface area contributed by atoms with Crippen LogP contribution in [0.2, 0.25) is 0 Å². The van der Waals surface area contributed by atoms with Crippen LogP contribution in [0.15, 0.2) is 24.5 Å². The number of aliphatic hydroxyl groups excluding tert-OH is 1. The molecule has 19 heavy (non-hydrogen) atoms. The van der Waals surface area contributed by atoms with Crippen LogP contribution in [-0.4, -0.2) is 34.3 Å². The second kappa shape index (κ2) is 5.57. The normalized spacial score (nSPS) is 12.0. The first-order valence-corrected chi connectivity index (χ1v) is 5.40. The number of aliphatic hydroxyl groups is 1. The predicted octanol–water partition coefficient (Wildman–Crippen LogP) is 1.11. The van der Waals surface area contributed by atoms with Crippen LogP contribution >= 0.6 is 0 Å². The van der Waals surface area contributed by atoms with Crippen LogP contribution in [0.25, 0.3) is 0 Å². The van der Waals surface area contributed by atoms with Crippen LogP contribution in [0.3, 0.4) is 0 Å². The summed E-state index contributed by atoms with van der Waals surface area (Å²) in [6.07, 6.45) is 1.21. The third kappa shape index (κ3) is 2.76. The molecule has 1 atom stereocenters. The van der Waals surface area contributed by atoms with Crippen molar-refractivity contribution in [3.63, 3.8) is 0 Å². The summed E-state index contributed by atoms with van der Waals surface area (Å²) < 4.78 is 22.7. The van der Waals surface area contributed by atoms with E-state index in [9.17, 15) is 9.50 Å². The summed E-state index contributed by atoms with van der Waals surface area (Å²) in [5, 5.41) is 10.2. The minimum absolute atomic E-state index is 0.123. The zero-order valence-electron chi connectivity index (χ0n) is 10.4. The largest absolute Gasteiger partial charge is 0.480 e. The average molecular weight is 265 g/mol. The fourth-order valence-electron chi connectivity index (χ4n) is 1.49. The Balaban J connectivity index is 2.37. The fourth-order valence-corrected chi connectivity index (χ4v) is 1.49. The van der Waals surface area contributed by atoms with Gasteiger partial charge in [0.1, 0.15) is 17.6 Å². The van der Waals surface area contributed by atoms with Gasteiger partial charge in [0.05, 0.1) is 32.3 Å². The second-order valence-electron chi connectivity index (χ2n) is 3.61. The molecule has 6 nitrogen and oxygen atoms in total. The SMILES string of the molecule is COc1cnc(C(O)c2ccc(F)cn2)c(OC)n1. The molecule has 0 aromatic carbocycles. The Morgan fingerprint density at radius 1 is 1.16 bits per heavy atom. The lowest BCUT2D eigenvalue weighted by molar-refractivity contribution is 0.202. The first kappa shape index (κ1) is 13.2. The zero-order valence-corrected chi connectivity index (χ0v) is 10.4. The third-order valence-corrected chi connectivity index (χ3v) is 2.44. The molecule has 1 unspecified atom stereocenters. The molecule has 0 spiro atoms. The van der Waals surface area contributed by atoms with E-state index in [0.717, 1.165) is 6.20 Å².